The average Bonchev–Trinajstić information content (AvgIpc) is 3.27. The first kappa shape index (κ1) is 22.7. The lowest BCUT2D eigenvalue weighted by atomic mass is 9.96. The van der Waals surface area contributed by atoms with E-state index in [9.17, 15) is 18.0 Å². The molecular formula is C22H25N5O5S. The quantitative estimate of drug-likeness (QED) is 0.543. The van der Waals surface area contributed by atoms with Crippen LogP contribution in [0.1, 0.15) is 23.2 Å². The Balaban J connectivity index is 1.31. The molecule has 0 spiro atoms. The number of carbonyl (C=O) groups excluding carboxylic acids is 2. The Kier molecular flexibility index (Phi) is 6.34. The van der Waals surface area contributed by atoms with E-state index in [1.165, 1.54) is 38.4 Å². The standard InChI is InChI=1S/C22H25N5O5S/c1-26(2)33(30,31)17-7-5-6-16(14-17)21(29)25-24-20(28)15-10-12-27(13-11-15)22-23-18-8-3-4-9-19(18)32-22/h3-9,14-15H,10-13H2,1-2H3,(H,24,28)(H,25,29). The molecule has 2 amide bonds. The zero-order chi connectivity index (χ0) is 23.6. The number of hydrogen-bond donors (Lipinski definition) is 2. The zero-order valence-electron chi connectivity index (χ0n) is 18.3. The largest absolute Gasteiger partial charge is 0.423 e. The molecule has 0 bridgehead atoms. The monoisotopic (exact) mass is 471 g/mol. The van der Waals surface area contributed by atoms with E-state index in [0.29, 0.717) is 31.9 Å². The second-order valence-electron chi connectivity index (χ2n) is 7.98. The highest BCUT2D eigenvalue weighted by atomic mass is 32.2. The first-order chi connectivity index (χ1) is 15.8. The number of hydrazine groups is 1. The van der Waals surface area contributed by atoms with Crippen LogP contribution in [-0.2, 0) is 14.8 Å². The van der Waals surface area contributed by atoms with Crippen LogP contribution in [-0.4, -0.2) is 56.7 Å². The van der Waals surface area contributed by atoms with Gasteiger partial charge in [-0.3, -0.25) is 20.4 Å². The number of benzene rings is 2. The Bertz CT molecular complexity index is 1250. The number of aromatic nitrogens is 1. The zero-order valence-corrected chi connectivity index (χ0v) is 19.1. The normalized spacial score (nSPS) is 15.1. The summed E-state index contributed by atoms with van der Waals surface area (Å²) >= 11 is 0. The second kappa shape index (κ2) is 9.20. The number of amides is 2. The van der Waals surface area contributed by atoms with Crippen molar-refractivity contribution in [3.8, 4) is 0 Å². The van der Waals surface area contributed by atoms with Gasteiger partial charge in [-0.2, -0.15) is 4.98 Å². The fraction of sp³-hybridized carbons (Fsp3) is 0.318. The fourth-order valence-corrected chi connectivity index (χ4v) is 4.58. The summed E-state index contributed by atoms with van der Waals surface area (Å²) in [7, 11) is -0.841. The third-order valence-corrected chi connectivity index (χ3v) is 7.40. The van der Waals surface area contributed by atoms with Crippen LogP contribution in [0, 0.1) is 5.92 Å². The molecule has 0 unspecified atom stereocenters. The number of hydrogen-bond acceptors (Lipinski definition) is 7. The molecule has 1 fully saturated rings. The highest BCUT2D eigenvalue weighted by Crippen LogP contribution is 2.26. The Morgan fingerprint density at radius 1 is 1.06 bits per heavy atom. The molecule has 1 aromatic heterocycles. The number of rotatable bonds is 5. The van der Waals surface area contributed by atoms with E-state index in [-0.39, 0.29) is 22.3 Å². The van der Waals surface area contributed by atoms with E-state index in [4.69, 9.17) is 4.42 Å². The smallest absolute Gasteiger partial charge is 0.298 e. The van der Waals surface area contributed by atoms with Crippen LogP contribution in [0.3, 0.4) is 0 Å². The average molecular weight is 472 g/mol. The van der Waals surface area contributed by atoms with E-state index in [1.54, 1.807) is 0 Å². The third kappa shape index (κ3) is 4.83. The number of piperidine rings is 1. The summed E-state index contributed by atoms with van der Waals surface area (Å²) in [6.45, 7) is 1.20. The van der Waals surface area contributed by atoms with Gasteiger partial charge in [0.1, 0.15) is 5.52 Å². The lowest BCUT2D eigenvalue weighted by Gasteiger charge is -2.30. The molecule has 0 atom stereocenters. The van der Waals surface area contributed by atoms with Crippen LogP contribution in [0.25, 0.3) is 11.1 Å². The van der Waals surface area contributed by atoms with Gasteiger partial charge in [-0.15, -0.1) is 0 Å². The number of fused-ring (bicyclic) bond motifs is 1. The van der Waals surface area contributed by atoms with Gasteiger partial charge in [0.15, 0.2) is 5.58 Å². The summed E-state index contributed by atoms with van der Waals surface area (Å²) in [5.41, 5.74) is 6.46. The molecule has 174 valence electrons. The maximum absolute atomic E-state index is 12.5. The number of para-hydroxylation sites is 2. The van der Waals surface area contributed by atoms with Gasteiger partial charge in [-0.1, -0.05) is 18.2 Å². The Morgan fingerprint density at radius 3 is 2.48 bits per heavy atom. The molecular weight excluding hydrogens is 446 g/mol. The molecule has 3 aromatic rings. The molecule has 11 heteroatoms. The van der Waals surface area contributed by atoms with Crippen LogP contribution < -0.4 is 15.8 Å². The number of nitrogens with zero attached hydrogens (tertiary/aromatic N) is 3. The van der Waals surface area contributed by atoms with Crippen molar-refractivity contribution in [2.75, 3.05) is 32.1 Å². The maximum Gasteiger partial charge on any atom is 0.298 e. The lowest BCUT2D eigenvalue weighted by Crippen LogP contribution is -2.47. The molecule has 33 heavy (non-hydrogen) atoms. The predicted molar refractivity (Wildman–Crippen MR) is 122 cm³/mol. The molecule has 1 saturated heterocycles. The van der Waals surface area contributed by atoms with Gasteiger partial charge in [0.2, 0.25) is 15.9 Å². The van der Waals surface area contributed by atoms with Gasteiger partial charge >= 0.3 is 0 Å². The van der Waals surface area contributed by atoms with E-state index in [1.807, 2.05) is 29.2 Å². The Hall–Kier alpha value is -3.44. The van der Waals surface area contributed by atoms with Crippen molar-refractivity contribution in [3.05, 3.63) is 54.1 Å². The number of sulfonamides is 1. The molecule has 0 radical (unpaired) electrons. The summed E-state index contributed by atoms with van der Waals surface area (Å²) in [5, 5.41) is 0. The van der Waals surface area contributed by atoms with Crippen molar-refractivity contribution in [1.82, 2.24) is 20.1 Å². The van der Waals surface area contributed by atoms with Crippen molar-refractivity contribution in [3.63, 3.8) is 0 Å². The van der Waals surface area contributed by atoms with Gasteiger partial charge < -0.3 is 9.32 Å². The van der Waals surface area contributed by atoms with Crippen molar-refractivity contribution in [2.45, 2.75) is 17.7 Å². The minimum absolute atomic E-state index is 0.00181. The molecule has 10 nitrogen and oxygen atoms in total. The van der Waals surface area contributed by atoms with Gasteiger partial charge in [-0.25, -0.2) is 12.7 Å². The van der Waals surface area contributed by atoms with E-state index in [0.717, 1.165) is 15.4 Å². The van der Waals surface area contributed by atoms with Gasteiger partial charge in [0.25, 0.3) is 11.9 Å². The molecule has 1 aliphatic rings. The minimum atomic E-state index is -3.67. The molecule has 2 aromatic carbocycles. The summed E-state index contributed by atoms with van der Waals surface area (Å²) in [6, 6.07) is 13.7. The van der Waals surface area contributed by atoms with E-state index < -0.39 is 15.9 Å². The van der Waals surface area contributed by atoms with Gasteiger partial charge in [-0.05, 0) is 43.2 Å². The van der Waals surface area contributed by atoms with Crippen LogP contribution in [0.5, 0.6) is 0 Å². The van der Waals surface area contributed by atoms with Crippen molar-refractivity contribution < 1.29 is 22.4 Å². The minimum Gasteiger partial charge on any atom is -0.423 e. The molecule has 0 saturated carbocycles. The van der Waals surface area contributed by atoms with Crippen molar-refractivity contribution >= 4 is 39.0 Å². The highest BCUT2D eigenvalue weighted by molar-refractivity contribution is 7.89. The number of oxazole rings is 1. The van der Waals surface area contributed by atoms with Gasteiger partial charge in [0, 0.05) is 38.7 Å². The van der Waals surface area contributed by atoms with Crippen molar-refractivity contribution in [1.29, 1.82) is 0 Å². The molecule has 0 aliphatic carbocycles. The van der Waals surface area contributed by atoms with Crippen LogP contribution in [0.2, 0.25) is 0 Å². The van der Waals surface area contributed by atoms with Crippen LogP contribution in [0.4, 0.5) is 6.01 Å². The molecule has 2 N–H and O–H groups in total. The van der Waals surface area contributed by atoms with Crippen LogP contribution >= 0.6 is 0 Å². The topological polar surface area (TPSA) is 125 Å². The van der Waals surface area contributed by atoms with Crippen LogP contribution in [0.15, 0.2) is 57.8 Å². The Labute approximate surface area is 191 Å². The first-order valence-corrected chi connectivity index (χ1v) is 11.9. The molecule has 4 rings (SSSR count). The second-order valence-corrected chi connectivity index (χ2v) is 10.1. The molecule has 2 heterocycles. The van der Waals surface area contributed by atoms with E-state index >= 15 is 0 Å². The number of anilines is 1. The summed E-state index contributed by atoms with van der Waals surface area (Å²) in [4.78, 5) is 31.5. The first-order valence-electron chi connectivity index (χ1n) is 10.5. The van der Waals surface area contributed by atoms with Crippen molar-refractivity contribution in [2.24, 2.45) is 5.92 Å². The highest BCUT2D eigenvalue weighted by Gasteiger charge is 2.27. The Morgan fingerprint density at radius 2 is 1.79 bits per heavy atom. The third-order valence-electron chi connectivity index (χ3n) is 5.59. The lowest BCUT2D eigenvalue weighted by molar-refractivity contribution is -0.126. The fourth-order valence-electron chi connectivity index (χ4n) is 3.63. The molecule has 1 aliphatic heterocycles. The SMILES string of the molecule is CN(C)S(=O)(=O)c1cccc(C(=O)NNC(=O)C2CCN(c3nc4ccccc4o3)CC2)c1. The maximum atomic E-state index is 12.5. The summed E-state index contributed by atoms with van der Waals surface area (Å²) in [5.74, 6) is -1.16. The summed E-state index contributed by atoms with van der Waals surface area (Å²) < 4.78 is 31.4. The predicted octanol–water partition coefficient (Wildman–Crippen LogP) is 1.76. The van der Waals surface area contributed by atoms with Gasteiger partial charge in [0.05, 0.1) is 4.90 Å². The van der Waals surface area contributed by atoms with E-state index in [2.05, 4.69) is 15.8 Å². The number of carbonyl (C=O) groups is 2. The summed E-state index contributed by atoms with van der Waals surface area (Å²) in [6.07, 6.45) is 1.16. The number of nitrogens with one attached hydrogen (secondary N) is 2.